The second-order valence-corrected chi connectivity index (χ2v) is 14.8. The molecule has 0 saturated carbocycles. The Morgan fingerprint density at radius 3 is 2.33 bits per heavy atom. The first-order valence-corrected chi connectivity index (χ1v) is 17.5. The summed E-state index contributed by atoms with van der Waals surface area (Å²) in [4.78, 5) is 20.4. The molecule has 0 saturated heterocycles. The van der Waals surface area contributed by atoms with Crippen molar-refractivity contribution in [1.82, 2.24) is 9.88 Å². The molecule has 48 heavy (non-hydrogen) atoms. The molecule has 3 aromatic carbocycles. The Morgan fingerprint density at radius 2 is 1.67 bits per heavy atom. The quantitative estimate of drug-likeness (QED) is 0.167. The predicted octanol–water partition coefficient (Wildman–Crippen LogP) is 10.6. The van der Waals surface area contributed by atoms with E-state index in [-0.39, 0.29) is 11.3 Å². The van der Waals surface area contributed by atoms with Crippen molar-refractivity contribution < 1.29 is 9.21 Å². The number of carbonyl (C=O) groups excluding carboxylic acids is 1. The Balaban J connectivity index is 1.37. The fourth-order valence-corrected chi connectivity index (χ4v) is 8.00. The Morgan fingerprint density at radius 1 is 0.958 bits per heavy atom. The molecule has 1 amide bonds. The van der Waals surface area contributed by atoms with Gasteiger partial charge in [-0.15, -0.1) is 11.3 Å². The van der Waals surface area contributed by atoms with Crippen LogP contribution in [-0.2, 0) is 19.4 Å². The van der Waals surface area contributed by atoms with Crippen molar-refractivity contribution in [2.45, 2.75) is 53.5 Å². The minimum absolute atomic E-state index is 0.101. The van der Waals surface area contributed by atoms with E-state index >= 15 is 0 Å². The van der Waals surface area contributed by atoms with E-state index in [2.05, 4.69) is 116 Å². The van der Waals surface area contributed by atoms with E-state index < -0.39 is 0 Å². The second-order valence-electron chi connectivity index (χ2n) is 13.7. The topological polar surface area (TPSA) is 59.5 Å². The monoisotopic (exact) mass is 651 g/mol. The van der Waals surface area contributed by atoms with Crippen LogP contribution in [0.5, 0.6) is 0 Å². The lowest BCUT2D eigenvalue weighted by Gasteiger charge is -2.33. The van der Waals surface area contributed by atoms with Gasteiger partial charge in [0.25, 0.3) is 5.91 Å². The molecule has 6 heteroatoms. The summed E-state index contributed by atoms with van der Waals surface area (Å²) in [5, 5.41) is 3.87. The Labute approximate surface area is 287 Å². The third-order valence-electron chi connectivity index (χ3n) is 9.46. The molecule has 1 atom stereocenters. The summed E-state index contributed by atoms with van der Waals surface area (Å²) in [6.07, 6.45) is 6.50. The van der Waals surface area contributed by atoms with E-state index in [0.717, 1.165) is 69.4 Å². The maximum atomic E-state index is 13.9. The number of benzene rings is 3. The first kappa shape index (κ1) is 31.6. The zero-order valence-electron chi connectivity index (χ0n) is 28.0. The SMILES string of the molecule is Cc1ccc(-n2c(-c3ccccc3)cc(C=Nc3sc4c(c3C(=O)NCc3ccco3)CC[C@@H](C(C)(C)C)C4)c2-c2ccccc2)cc1. The van der Waals surface area contributed by atoms with Crippen LogP contribution in [0.2, 0.25) is 0 Å². The zero-order chi connectivity index (χ0) is 33.3. The van der Waals surface area contributed by atoms with E-state index in [1.165, 1.54) is 10.4 Å². The van der Waals surface area contributed by atoms with Crippen molar-refractivity contribution in [2.75, 3.05) is 0 Å². The number of nitrogens with zero attached hydrogens (tertiary/aromatic N) is 2. The van der Waals surface area contributed by atoms with Crippen LogP contribution in [0.3, 0.4) is 0 Å². The summed E-state index contributed by atoms with van der Waals surface area (Å²) >= 11 is 1.67. The van der Waals surface area contributed by atoms with Gasteiger partial charge in [0, 0.05) is 22.3 Å². The summed E-state index contributed by atoms with van der Waals surface area (Å²) in [6.45, 7) is 9.41. The average molecular weight is 652 g/mol. The third-order valence-corrected chi connectivity index (χ3v) is 10.6. The normalized spacial score (nSPS) is 14.7. The van der Waals surface area contributed by atoms with Crippen molar-refractivity contribution in [1.29, 1.82) is 0 Å². The van der Waals surface area contributed by atoms with E-state index in [1.54, 1.807) is 17.6 Å². The van der Waals surface area contributed by atoms with Gasteiger partial charge in [0.15, 0.2) is 0 Å². The molecule has 1 N–H and O–H groups in total. The second kappa shape index (κ2) is 13.3. The summed E-state index contributed by atoms with van der Waals surface area (Å²) in [5.74, 6) is 1.18. The molecular formula is C42H41N3O2S. The lowest BCUT2D eigenvalue weighted by Crippen LogP contribution is -2.28. The summed E-state index contributed by atoms with van der Waals surface area (Å²) in [7, 11) is 0. The summed E-state index contributed by atoms with van der Waals surface area (Å²) in [6, 6.07) is 35.6. The number of thiophene rings is 1. The minimum atomic E-state index is -0.101. The molecule has 0 aliphatic heterocycles. The van der Waals surface area contributed by atoms with Crippen LogP contribution < -0.4 is 5.32 Å². The van der Waals surface area contributed by atoms with Gasteiger partial charge in [-0.25, -0.2) is 4.99 Å². The number of rotatable bonds is 8. The van der Waals surface area contributed by atoms with Crippen LogP contribution in [0.4, 0.5) is 5.00 Å². The van der Waals surface area contributed by atoms with Gasteiger partial charge in [-0.1, -0.05) is 99.1 Å². The van der Waals surface area contributed by atoms with Gasteiger partial charge in [0.05, 0.1) is 29.8 Å². The van der Waals surface area contributed by atoms with E-state index in [9.17, 15) is 4.79 Å². The fraction of sp³-hybridized carbons (Fsp3) is 0.238. The van der Waals surface area contributed by atoms with Gasteiger partial charge in [-0.2, -0.15) is 0 Å². The Bertz CT molecular complexity index is 2050. The number of carbonyl (C=O) groups is 1. The number of fused-ring (bicyclic) bond motifs is 1. The molecule has 7 rings (SSSR count). The van der Waals surface area contributed by atoms with Crippen LogP contribution in [0.25, 0.3) is 28.2 Å². The highest BCUT2D eigenvalue weighted by Crippen LogP contribution is 2.45. The standard InChI is InChI=1S/C42H41N3O2S/c1-28-17-20-33(21-18-28)45-36(29-12-7-5-8-13-29)24-31(39(45)30-14-9-6-10-15-30)26-44-41-38(40(46)43-27-34-16-11-23-47-34)35-22-19-32(42(2,3)4)25-37(35)48-41/h5-18,20-21,23-24,26,32H,19,22,25,27H2,1-4H3,(H,43,46)/t32-/m1/s1. The van der Waals surface area contributed by atoms with Crippen molar-refractivity contribution >= 4 is 28.5 Å². The number of hydrogen-bond acceptors (Lipinski definition) is 4. The zero-order valence-corrected chi connectivity index (χ0v) is 28.8. The van der Waals surface area contributed by atoms with Crippen molar-refractivity contribution in [2.24, 2.45) is 16.3 Å². The van der Waals surface area contributed by atoms with Gasteiger partial charge >= 0.3 is 0 Å². The summed E-state index contributed by atoms with van der Waals surface area (Å²) < 4.78 is 7.83. The number of aryl methyl sites for hydroxylation is 1. The van der Waals surface area contributed by atoms with Crippen molar-refractivity contribution in [3.63, 3.8) is 0 Å². The molecule has 6 aromatic rings. The van der Waals surface area contributed by atoms with Gasteiger partial charge in [0.1, 0.15) is 10.8 Å². The van der Waals surface area contributed by atoms with E-state index in [0.29, 0.717) is 18.0 Å². The molecule has 1 aliphatic rings. The maximum absolute atomic E-state index is 13.9. The Hall–Kier alpha value is -4.94. The molecule has 1 aliphatic carbocycles. The van der Waals surface area contributed by atoms with Gasteiger partial charge in [-0.05, 0) is 84.5 Å². The van der Waals surface area contributed by atoms with Crippen molar-refractivity contribution in [3.8, 4) is 28.2 Å². The molecule has 0 radical (unpaired) electrons. The van der Waals surface area contributed by atoms with Crippen LogP contribution in [0.1, 0.15) is 64.9 Å². The molecule has 0 spiro atoms. The fourth-order valence-electron chi connectivity index (χ4n) is 6.74. The number of aromatic nitrogens is 1. The maximum Gasteiger partial charge on any atom is 0.255 e. The van der Waals surface area contributed by atoms with Crippen LogP contribution in [-0.4, -0.2) is 16.7 Å². The average Bonchev–Trinajstić information content (AvgIpc) is 3.84. The lowest BCUT2D eigenvalue weighted by molar-refractivity contribution is 0.0947. The van der Waals surface area contributed by atoms with Gasteiger partial charge in [0.2, 0.25) is 0 Å². The third kappa shape index (κ3) is 6.45. The van der Waals surface area contributed by atoms with Gasteiger partial charge < -0.3 is 14.3 Å². The molecule has 0 unspecified atom stereocenters. The molecule has 242 valence electrons. The smallest absolute Gasteiger partial charge is 0.255 e. The number of amides is 1. The number of furan rings is 1. The first-order chi connectivity index (χ1) is 23.3. The number of hydrogen-bond donors (Lipinski definition) is 1. The largest absolute Gasteiger partial charge is 0.467 e. The first-order valence-electron chi connectivity index (χ1n) is 16.7. The highest BCUT2D eigenvalue weighted by atomic mass is 32.1. The van der Waals surface area contributed by atoms with Crippen molar-refractivity contribution in [3.05, 3.63) is 142 Å². The number of nitrogens with one attached hydrogen (secondary N) is 1. The predicted molar refractivity (Wildman–Crippen MR) is 198 cm³/mol. The molecule has 3 aromatic heterocycles. The minimum Gasteiger partial charge on any atom is -0.467 e. The lowest BCUT2D eigenvalue weighted by atomic mass is 9.72. The highest BCUT2D eigenvalue weighted by molar-refractivity contribution is 7.16. The Kier molecular flexibility index (Phi) is 8.76. The molecule has 0 fully saturated rings. The molecule has 3 heterocycles. The molecular weight excluding hydrogens is 611 g/mol. The molecule has 0 bridgehead atoms. The van der Waals surface area contributed by atoms with Gasteiger partial charge in [-0.3, -0.25) is 4.79 Å². The number of aliphatic imine (C=N–C) groups is 1. The summed E-state index contributed by atoms with van der Waals surface area (Å²) in [5.41, 5.74) is 9.67. The highest BCUT2D eigenvalue weighted by Gasteiger charge is 2.34. The van der Waals surface area contributed by atoms with Crippen LogP contribution >= 0.6 is 11.3 Å². The van der Waals surface area contributed by atoms with Crippen LogP contribution in [0, 0.1) is 18.3 Å². The van der Waals surface area contributed by atoms with Crippen LogP contribution in [0.15, 0.2) is 119 Å². The van der Waals surface area contributed by atoms with E-state index in [1.807, 2.05) is 30.5 Å². The van der Waals surface area contributed by atoms with E-state index in [4.69, 9.17) is 9.41 Å². The molecule has 5 nitrogen and oxygen atoms in total.